The number of benzene rings is 1. The number of rotatable bonds is 4. The van der Waals surface area contributed by atoms with Gasteiger partial charge in [0.1, 0.15) is 5.82 Å². The first-order valence-electron chi connectivity index (χ1n) is 11.6. The smallest absolute Gasteiger partial charge is 0.214 e. The van der Waals surface area contributed by atoms with Crippen LogP contribution in [-0.4, -0.2) is 30.1 Å². The van der Waals surface area contributed by atoms with Crippen molar-refractivity contribution < 1.29 is 8.42 Å². The Balaban J connectivity index is 1.56. The molecule has 0 radical (unpaired) electrons. The minimum atomic E-state index is -3.82. The van der Waals surface area contributed by atoms with Gasteiger partial charge in [-0.2, -0.15) is 4.52 Å². The number of aromatic nitrogens is 3. The zero-order valence-corrected chi connectivity index (χ0v) is 19.1. The molecule has 4 unspecified atom stereocenters. The molecule has 7 nitrogen and oxygen atoms in total. The van der Waals surface area contributed by atoms with E-state index in [1.165, 1.54) is 30.2 Å². The number of hydrogen-bond acceptors (Lipinski definition) is 6. The number of fused-ring (bicyclic) bond motifs is 3. The van der Waals surface area contributed by atoms with Crippen molar-refractivity contribution in [3.05, 3.63) is 42.1 Å². The second kappa shape index (κ2) is 6.94. The van der Waals surface area contributed by atoms with Gasteiger partial charge in [-0.15, -0.1) is 5.10 Å². The van der Waals surface area contributed by atoms with Gasteiger partial charge in [0.15, 0.2) is 16.4 Å². The van der Waals surface area contributed by atoms with Crippen molar-refractivity contribution in [2.45, 2.75) is 60.2 Å². The van der Waals surface area contributed by atoms with Crippen LogP contribution in [0.3, 0.4) is 0 Å². The molecule has 3 saturated carbocycles. The molecule has 8 heteroatoms. The third-order valence-corrected chi connectivity index (χ3v) is 9.96. The Hall–Kier alpha value is -2.61. The van der Waals surface area contributed by atoms with Crippen molar-refractivity contribution in [1.29, 1.82) is 0 Å². The normalized spacial score (nSPS) is 29.3. The van der Waals surface area contributed by atoms with E-state index in [0.29, 0.717) is 11.5 Å². The highest BCUT2D eigenvalue weighted by Gasteiger charge is 2.53. The van der Waals surface area contributed by atoms with Crippen LogP contribution in [-0.2, 0) is 15.3 Å². The molecule has 168 valence electrons. The van der Waals surface area contributed by atoms with Gasteiger partial charge in [-0.25, -0.2) is 13.4 Å². The fraction of sp³-hybridized carbons (Fsp3) is 0.500. The van der Waals surface area contributed by atoms with Crippen LogP contribution in [0, 0.1) is 17.8 Å². The van der Waals surface area contributed by atoms with E-state index in [1.54, 1.807) is 37.4 Å². The van der Waals surface area contributed by atoms with Gasteiger partial charge >= 0.3 is 0 Å². The summed E-state index contributed by atoms with van der Waals surface area (Å²) in [6, 6.07) is 10.4. The molecule has 3 bridgehead atoms. The van der Waals surface area contributed by atoms with Gasteiger partial charge in [0.25, 0.3) is 0 Å². The summed E-state index contributed by atoms with van der Waals surface area (Å²) in [6.45, 7) is 0. The lowest BCUT2D eigenvalue weighted by Crippen LogP contribution is -2.32. The average molecular weight is 452 g/mol. The van der Waals surface area contributed by atoms with Crippen LogP contribution in [0.15, 0.2) is 46.2 Å². The molecule has 3 aromatic rings. The molecule has 0 spiro atoms. The van der Waals surface area contributed by atoms with Gasteiger partial charge in [0.05, 0.1) is 10.6 Å². The summed E-state index contributed by atoms with van der Waals surface area (Å²) in [7, 11) is -2.15. The SMILES string of the molecule is CNc1nn2c(N)cc(C34CC5CCCC(C3)C(C5)C4)nc2c1S(=O)(=O)c1ccccc1. The van der Waals surface area contributed by atoms with Crippen LogP contribution < -0.4 is 11.1 Å². The predicted molar refractivity (Wildman–Crippen MR) is 123 cm³/mol. The van der Waals surface area contributed by atoms with E-state index >= 15 is 0 Å². The Bertz CT molecular complexity index is 1300. The van der Waals surface area contributed by atoms with E-state index in [1.807, 2.05) is 6.07 Å². The molecule has 2 heterocycles. The maximum absolute atomic E-state index is 13.6. The number of nitrogens with two attached hydrogens (primary N) is 1. The maximum atomic E-state index is 13.6. The molecule has 3 aliphatic carbocycles. The van der Waals surface area contributed by atoms with E-state index in [0.717, 1.165) is 42.7 Å². The molecular formula is C24H29N5O2S. The van der Waals surface area contributed by atoms with Crippen LogP contribution in [0.5, 0.6) is 0 Å². The first-order chi connectivity index (χ1) is 15.4. The molecule has 3 aliphatic rings. The number of nitrogens with zero attached hydrogens (tertiary/aromatic N) is 3. The van der Waals surface area contributed by atoms with Crippen molar-refractivity contribution in [2.75, 3.05) is 18.1 Å². The second-order valence-corrected chi connectivity index (χ2v) is 11.9. The lowest BCUT2D eigenvalue weighted by atomic mass is 9.68. The van der Waals surface area contributed by atoms with E-state index < -0.39 is 9.84 Å². The Kier molecular flexibility index (Phi) is 4.35. The van der Waals surface area contributed by atoms with Crippen molar-refractivity contribution in [1.82, 2.24) is 14.6 Å². The summed E-state index contributed by atoms with van der Waals surface area (Å²) in [5.41, 5.74) is 7.74. The third-order valence-electron chi connectivity index (χ3n) is 8.15. The van der Waals surface area contributed by atoms with Gasteiger partial charge in [-0.3, -0.25) is 0 Å². The molecular weight excluding hydrogens is 422 g/mol. The largest absolute Gasteiger partial charge is 0.384 e. The number of sulfone groups is 1. The zero-order chi connectivity index (χ0) is 22.1. The quantitative estimate of drug-likeness (QED) is 0.621. The fourth-order valence-electron chi connectivity index (χ4n) is 6.89. The molecule has 4 atom stereocenters. The van der Waals surface area contributed by atoms with Crippen molar-refractivity contribution >= 4 is 27.1 Å². The summed E-state index contributed by atoms with van der Waals surface area (Å²) in [5, 5.41) is 7.41. The van der Waals surface area contributed by atoms with Gasteiger partial charge in [0.2, 0.25) is 9.84 Å². The van der Waals surface area contributed by atoms with E-state index in [2.05, 4.69) is 10.4 Å². The summed E-state index contributed by atoms with van der Waals surface area (Å²) < 4.78 is 28.7. The highest BCUT2D eigenvalue weighted by atomic mass is 32.2. The zero-order valence-electron chi connectivity index (χ0n) is 18.3. The first-order valence-corrected chi connectivity index (χ1v) is 13.1. The van der Waals surface area contributed by atoms with Crippen LogP contribution in [0.2, 0.25) is 0 Å². The molecule has 2 aromatic heterocycles. The molecule has 6 rings (SSSR count). The Labute approximate surface area is 188 Å². The summed E-state index contributed by atoms with van der Waals surface area (Å²) in [5.74, 6) is 2.97. The Morgan fingerprint density at radius 2 is 1.91 bits per heavy atom. The maximum Gasteiger partial charge on any atom is 0.214 e. The second-order valence-electron chi connectivity index (χ2n) is 9.99. The predicted octanol–water partition coefficient (Wildman–Crippen LogP) is 4.04. The molecule has 0 aliphatic heterocycles. The van der Waals surface area contributed by atoms with Crippen molar-refractivity contribution in [2.24, 2.45) is 17.8 Å². The van der Waals surface area contributed by atoms with Crippen molar-refractivity contribution in [3.63, 3.8) is 0 Å². The molecule has 3 N–H and O–H groups in total. The topological polar surface area (TPSA) is 102 Å². The van der Waals surface area contributed by atoms with E-state index in [9.17, 15) is 8.42 Å². The fourth-order valence-corrected chi connectivity index (χ4v) is 8.41. The molecule has 0 saturated heterocycles. The van der Waals surface area contributed by atoms with Gasteiger partial charge in [0, 0.05) is 18.5 Å². The van der Waals surface area contributed by atoms with Crippen molar-refractivity contribution in [3.8, 4) is 0 Å². The Morgan fingerprint density at radius 1 is 1.12 bits per heavy atom. The number of nitrogens with one attached hydrogen (secondary N) is 1. The Morgan fingerprint density at radius 3 is 2.69 bits per heavy atom. The highest BCUT2D eigenvalue weighted by molar-refractivity contribution is 7.91. The molecule has 0 amide bonds. The highest BCUT2D eigenvalue weighted by Crippen LogP contribution is 2.60. The van der Waals surface area contributed by atoms with Crippen LogP contribution in [0.25, 0.3) is 5.65 Å². The average Bonchev–Trinajstić information content (AvgIpc) is 3.25. The van der Waals surface area contributed by atoms with Crippen LogP contribution in [0.1, 0.15) is 50.6 Å². The number of anilines is 2. The summed E-state index contributed by atoms with van der Waals surface area (Å²) >= 11 is 0. The van der Waals surface area contributed by atoms with Gasteiger partial charge < -0.3 is 11.1 Å². The first kappa shape index (κ1) is 20.0. The number of hydrogen-bond donors (Lipinski definition) is 2. The molecule has 32 heavy (non-hydrogen) atoms. The lowest BCUT2D eigenvalue weighted by Gasteiger charge is -2.37. The third kappa shape index (κ3) is 2.81. The monoisotopic (exact) mass is 451 g/mol. The number of nitrogen functional groups attached to an aromatic ring is 1. The molecule has 1 aromatic carbocycles. The molecule has 3 fully saturated rings. The van der Waals surface area contributed by atoms with E-state index in [-0.39, 0.29) is 21.0 Å². The summed E-state index contributed by atoms with van der Waals surface area (Å²) in [4.78, 5) is 5.34. The standard InChI is InChI=1S/C24H29N5O2S/c1-26-22-21(32(30,31)18-8-3-2-4-9-18)23-27-19(11-20(25)29(23)28-22)24-12-15-6-5-7-16(13-24)17(10-15)14-24/h2-4,8-9,11,15-17H,5-7,10,12-14,25H2,1H3,(H,26,28). The van der Waals surface area contributed by atoms with Gasteiger partial charge in [-0.05, 0) is 55.6 Å². The van der Waals surface area contributed by atoms with Crippen LogP contribution in [0.4, 0.5) is 11.6 Å². The van der Waals surface area contributed by atoms with Crippen LogP contribution >= 0.6 is 0 Å². The summed E-state index contributed by atoms with van der Waals surface area (Å²) in [6.07, 6.45) is 8.71. The van der Waals surface area contributed by atoms with E-state index in [4.69, 9.17) is 10.7 Å². The lowest BCUT2D eigenvalue weighted by molar-refractivity contribution is 0.215. The van der Waals surface area contributed by atoms with Gasteiger partial charge in [-0.1, -0.05) is 37.5 Å². The minimum Gasteiger partial charge on any atom is -0.384 e. The minimum absolute atomic E-state index is 0.00634.